The number of rotatable bonds is 11. The van der Waals surface area contributed by atoms with Gasteiger partial charge in [-0.3, -0.25) is 13.9 Å². The maximum atomic E-state index is 13.4. The molecule has 0 aliphatic rings. The van der Waals surface area contributed by atoms with Crippen LogP contribution in [0.1, 0.15) is 58.1 Å². The number of carbonyl (C=O) groups is 2. The van der Waals surface area contributed by atoms with Crippen LogP contribution in [0.5, 0.6) is 0 Å². The maximum Gasteiger partial charge on any atom is 0.416 e. The van der Waals surface area contributed by atoms with E-state index in [0.29, 0.717) is 6.42 Å². The summed E-state index contributed by atoms with van der Waals surface area (Å²) in [4.78, 5) is 27.9. The van der Waals surface area contributed by atoms with Crippen LogP contribution in [-0.2, 0) is 32.3 Å². The number of halogens is 3. The van der Waals surface area contributed by atoms with Gasteiger partial charge in [0, 0.05) is 25.0 Å². The molecule has 0 saturated heterocycles. The normalized spacial score (nSPS) is 13.1. The Morgan fingerprint density at radius 3 is 2.16 bits per heavy atom. The molecule has 210 valence electrons. The predicted molar refractivity (Wildman–Crippen MR) is 142 cm³/mol. The molecule has 38 heavy (non-hydrogen) atoms. The fourth-order valence-corrected chi connectivity index (χ4v) is 4.95. The topological polar surface area (TPSA) is 86.8 Å². The zero-order valence-corrected chi connectivity index (χ0v) is 23.2. The van der Waals surface area contributed by atoms with Crippen molar-refractivity contribution < 1.29 is 31.2 Å². The second-order valence-corrected chi connectivity index (χ2v) is 12.1. The summed E-state index contributed by atoms with van der Waals surface area (Å²) in [6.07, 6.45) is -3.42. The minimum Gasteiger partial charge on any atom is -0.350 e. The first-order chi connectivity index (χ1) is 17.5. The first-order valence-electron chi connectivity index (χ1n) is 12.3. The summed E-state index contributed by atoms with van der Waals surface area (Å²) in [7, 11) is -3.92. The van der Waals surface area contributed by atoms with Crippen LogP contribution in [0.4, 0.5) is 18.9 Å². The third-order valence-corrected chi connectivity index (χ3v) is 6.89. The third-order valence-electron chi connectivity index (χ3n) is 5.69. The quantitative estimate of drug-likeness (QED) is 0.424. The van der Waals surface area contributed by atoms with Gasteiger partial charge in [0.15, 0.2) is 0 Å². The Morgan fingerprint density at radius 2 is 1.63 bits per heavy atom. The molecule has 0 aromatic heterocycles. The average Bonchev–Trinajstić information content (AvgIpc) is 2.79. The van der Waals surface area contributed by atoms with Crippen molar-refractivity contribution in [1.29, 1.82) is 0 Å². The predicted octanol–water partition coefficient (Wildman–Crippen LogP) is 4.97. The lowest BCUT2D eigenvalue weighted by Crippen LogP contribution is -2.53. The molecule has 0 unspecified atom stereocenters. The van der Waals surface area contributed by atoms with Crippen molar-refractivity contribution in [2.24, 2.45) is 0 Å². The molecule has 0 aliphatic heterocycles. The number of benzene rings is 2. The molecule has 0 radical (unpaired) electrons. The van der Waals surface area contributed by atoms with Crippen LogP contribution in [0, 0.1) is 0 Å². The van der Waals surface area contributed by atoms with Gasteiger partial charge in [0.25, 0.3) is 0 Å². The molecule has 2 rings (SSSR count). The van der Waals surface area contributed by atoms with E-state index in [2.05, 4.69) is 5.32 Å². The highest BCUT2D eigenvalue weighted by atomic mass is 32.2. The van der Waals surface area contributed by atoms with Gasteiger partial charge in [-0.25, -0.2) is 8.42 Å². The molecule has 0 fully saturated rings. The molecule has 0 heterocycles. The van der Waals surface area contributed by atoms with Gasteiger partial charge < -0.3 is 10.2 Å². The van der Waals surface area contributed by atoms with Gasteiger partial charge in [-0.05, 0) is 57.4 Å². The van der Waals surface area contributed by atoms with Gasteiger partial charge in [-0.15, -0.1) is 0 Å². The van der Waals surface area contributed by atoms with Gasteiger partial charge in [0.1, 0.15) is 6.04 Å². The molecule has 0 aliphatic carbocycles. The van der Waals surface area contributed by atoms with Gasteiger partial charge >= 0.3 is 6.18 Å². The average molecular weight is 556 g/mol. The van der Waals surface area contributed by atoms with Crippen molar-refractivity contribution in [3.63, 3.8) is 0 Å². The summed E-state index contributed by atoms with van der Waals surface area (Å²) in [5.74, 6) is -0.659. The largest absolute Gasteiger partial charge is 0.416 e. The molecule has 0 saturated carbocycles. The third kappa shape index (κ3) is 9.34. The zero-order chi connectivity index (χ0) is 28.7. The van der Waals surface area contributed by atoms with E-state index >= 15 is 0 Å². The van der Waals surface area contributed by atoms with Crippen LogP contribution in [-0.4, -0.2) is 49.5 Å². The SMILES string of the molecule is CC[C@H](C(=O)NC(C)(C)C)N(Cc1ccccc1)C(=O)CCCN(c1cccc(C(F)(F)F)c1)S(C)(=O)=O. The molecule has 7 nitrogen and oxygen atoms in total. The smallest absolute Gasteiger partial charge is 0.350 e. The van der Waals surface area contributed by atoms with E-state index < -0.39 is 33.3 Å². The molecule has 2 aromatic carbocycles. The minimum atomic E-state index is -4.63. The van der Waals surface area contributed by atoms with E-state index in [1.165, 1.54) is 11.0 Å². The molecule has 2 amide bonds. The standard InChI is InChI=1S/C27H36F3N3O4S/c1-6-23(25(35)31-26(2,3)4)32(19-20-12-8-7-9-13-20)24(34)16-11-17-33(38(5,36)37)22-15-10-14-21(18-22)27(28,29)30/h7-10,12-15,18,23H,6,11,16-17,19H2,1-5H3,(H,31,35)/t23-/m1/s1. The van der Waals surface area contributed by atoms with Crippen LogP contribution in [0.3, 0.4) is 0 Å². The van der Waals surface area contributed by atoms with E-state index in [-0.39, 0.29) is 43.4 Å². The lowest BCUT2D eigenvalue weighted by atomic mass is 10.0. The van der Waals surface area contributed by atoms with E-state index in [4.69, 9.17) is 0 Å². The molecule has 0 bridgehead atoms. The number of sulfonamides is 1. The van der Waals surface area contributed by atoms with Crippen LogP contribution in [0.2, 0.25) is 0 Å². The van der Waals surface area contributed by atoms with Crippen molar-refractivity contribution in [1.82, 2.24) is 10.2 Å². The Hall–Kier alpha value is -3.08. The molecule has 1 atom stereocenters. The molecular weight excluding hydrogens is 519 g/mol. The number of anilines is 1. The highest BCUT2D eigenvalue weighted by Crippen LogP contribution is 2.32. The molecule has 1 N–H and O–H groups in total. The van der Waals surface area contributed by atoms with E-state index in [1.54, 1.807) is 6.92 Å². The number of alkyl halides is 3. The number of nitrogens with one attached hydrogen (secondary N) is 1. The van der Waals surface area contributed by atoms with E-state index in [1.807, 2.05) is 51.1 Å². The summed E-state index contributed by atoms with van der Waals surface area (Å²) >= 11 is 0. The van der Waals surface area contributed by atoms with Gasteiger partial charge in [0.05, 0.1) is 17.5 Å². The maximum absolute atomic E-state index is 13.4. The van der Waals surface area contributed by atoms with Gasteiger partial charge in [-0.1, -0.05) is 43.3 Å². The Kier molecular flexibility index (Phi) is 10.4. The van der Waals surface area contributed by atoms with Crippen molar-refractivity contribution in [3.05, 3.63) is 65.7 Å². The van der Waals surface area contributed by atoms with Crippen LogP contribution in [0.25, 0.3) is 0 Å². The summed E-state index contributed by atoms with van der Waals surface area (Å²) < 4.78 is 65.2. The Labute approximate surface area is 223 Å². The first-order valence-corrected chi connectivity index (χ1v) is 14.2. The summed E-state index contributed by atoms with van der Waals surface area (Å²) in [5, 5.41) is 2.91. The lowest BCUT2D eigenvalue weighted by molar-refractivity contribution is -0.142. The summed E-state index contributed by atoms with van der Waals surface area (Å²) in [6.45, 7) is 7.31. The Bertz CT molecular complexity index is 1200. The second kappa shape index (κ2) is 12.6. The van der Waals surface area contributed by atoms with Crippen molar-refractivity contribution in [2.75, 3.05) is 17.1 Å². The highest BCUT2D eigenvalue weighted by molar-refractivity contribution is 7.92. The number of hydrogen-bond acceptors (Lipinski definition) is 4. The van der Waals surface area contributed by atoms with Gasteiger partial charge in [0.2, 0.25) is 21.8 Å². The first kappa shape index (κ1) is 31.1. The number of nitrogens with zero attached hydrogens (tertiary/aromatic N) is 2. The Morgan fingerprint density at radius 1 is 1.00 bits per heavy atom. The van der Waals surface area contributed by atoms with Gasteiger partial charge in [-0.2, -0.15) is 13.2 Å². The number of amides is 2. The summed E-state index contributed by atoms with van der Waals surface area (Å²) in [6, 6.07) is 12.5. The highest BCUT2D eigenvalue weighted by Gasteiger charge is 2.32. The minimum absolute atomic E-state index is 0.0464. The molecular formula is C27H36F3N3O4S. The van der Waals surface area contributed by atoms with Crippen molar-refractivity contribution in [2.45, 2.75) is 71.3 Å². The van der Waals surface area contributed by atoms with E-state index in [9.17, 15) is 31.2 Å². The number of hydrogen-bond donors (Lipinski definition) is 1. The van der Waals surface area contributed by atoms with E-state index in [0.717, 1.165) is 34.3 Å². The summed E-state index contributed by atoms with van der Waals surface area (Å²) in [5.41, 5.74) is -0.784. The lowest BCUT2D eigenvalue weighted by Gasteiger charge is -2.33. The second-order valence-electron chi connectivity index (χ2n) is 10.2. The van der Waals surface area contributed by atoms with Crippen molar-refractivity contribution in [3.8, 4) is 0 Å². The van der Waals surface area contributed by atoms with Crippen molar-refractivity contribution >= 4 is 27.5 Å². The van der Waals surface area contributed by atoms with Crippen LogP contribution in [0.15, 0.2) is 54.6 Å². The molecule has 2 aromatic rings. The van der Waals surface area contributed by atoms with Crippen LogP contribution < -0.4 is 9.62 Å². The fraction of sp³-hybridized carbons (Fsp3) is 0.481. The zero-order valence-electron chi connectivity index (χ0n) is 22.4. The monoisotopic (exact) mass is 555 g/mol. The molecule has 0 spiro atoms. The Balaban J connectivity index is 2.25. The van der Waals surface area contributed by atoms with Crippen LogP contribution >= 0.6 is 0 Å². The fourth-order valence-electron chi connectivity index (χ4n) is 3.99. The molecule has 11 heteroatoms. The number of carbonyl (C=O) groups excluding carboxylic acids is 2.